The van der Waals surface area contributed by atoms with E-state index in [-0.39, 0.29) is 11.9 Å². The largest absolute Gasteiger partial charge is 0.493 e. The van der Waals surface area contributed by atoms with Crippen molar-refractivity contribution in [1.82, 2.24) is 10.3 Å². The molecule has 1 amide bonds. The van der Waals surface area contributed by atoms with Gasteiger partial charge in [0.25, 0.3) is 5.91 Å². The van der Waals surface area contributed by atoms with E-state index in [1.165, 1.54) is 25.7 Å². The third-order valence-electron chi connectivity index (χ3n) is 4.87. The molecule has 0 bridgehead atoms. The number of anilines is 2. The number of aromatic nitrogens is 1. The van der Waals surface area contributed by atoms with Gasteiger partial charge in [-0.15, -0.1) is 0 Å². The summed E-state index contributed by atoms with van der Waals surface area (Å²) < 4.78 is 10.5. The number of methoxy groups -OCH3 is 2. The lowest BCUT2D eigenvalue weighted by molar-refractivity contribution is 0.0933. The molecule has 1 aliphatic rings. The molecule has 0 atom stereocenters. The Hall–Kier alpha value is -2.76. The normalized spacial score (nSPS) is 14.9. The molecule has 1 aromatic heterocycles. The van der Waals surface area contributed by atoms with E-state index in [0.29, 0.717) is 22.9 Å². The average Bonchev–Trinajstić information content (AvgIpc) is 2.97. The van der Waals surface area contributed by atoms with Crippen LogP contribution in [0.15, 0.2) is 36.5 Å². The van der Waals surface area contributed by atoms with Crippen LogP contribution < -0.4 is 20.1 Å². The summed E-state index contributed by atoms with van der Waals surface area (Å²) in [7, 11) is 3.20. The zero-order valence-electron chi connectivity index (χ0n) is 16.0. The average molecular weight is 369 g/mol. The van der Waals surface area contributed by atoms with Crippen molar-refractivity contribution in [3.05, 3.63) is 42.1 Å². The molecule has 0 radical (unpaired) electrons. The van der Waals surface area contributed by atoms with E-state index in [1.54, 1.807) is 32.5 Å². The molecule has 0 aliphatic heterocycles. The lowest BCUT2D eigenvalue weighted by Crippen LogP contribution is -2.34. The van der Waals surface area contributed by atoms with E-state index in [2.05, 4.69) is 15.6 Å². The molecule has 144 valence electrons. The number of carbonyl (C=O) groups is 1. The number of ether oxygens (including phenoxy) is 2. The summed E-state index contributed by atoms with van der Waals surface area (Å²) in [4.78, 5) is 16.8. The second-order valence-corrected chi connectivity index (χ2v) is 6.79. The summed E-state index contributed by atoms with van der Waals surface area (Å²) in [6, 6.07) is 9.43. The van der Waals surface area contributed by atoms with Gasteiger partial charge in [-0.2, -0.15) is 0 Å². The maximum absolute atomic E-state index is 12.4. The van der Waals surface area contributed by atoms with E-state index in [4.69, 9.17) is 9.47 Å². The van der Waals surface area contributed by atoms with Crippen LogP contribution in [0.1, 0.15) is 48.9 Å². The van der Waals surface area contributed by atoms with E-state index in [9.17, 15) is 4.79 Å². The molecule has 0 spiro atoms. The fourth-order valence-electron chi connectivity index (χ4n) is 3.36. The molecule has 1 saturated carbocycles. The zero-order chi connectivity index (χ0) is 19.1. The van der Waals surface area contributed by atoms with E-state index in [0.717, 1.165) is 18.5 Å². The number of amides is 1. The molecule has 0 saturated heterocycles. The van der Waals surface area contributed by atoms with Crippen molar-refractivity contribution in [2.75, 3.05) is 19.5 Å². The molecule has 3 rings (SSSR count). The number of hydrogen-bond acceptors (Lipinski definition) is 5. The number of nitrogens with zero attached hydrogens (tertiary/aromatic N) is 1. The van der Waals surface area contributed by atoms with Crippen LogP contribution in [0.25, 0.3) is 0 Å². The maximum atomic E-state index is 12.4. The minimum absolute atomic E-state index is 0.0490. The molecule has 1 heterocycles. The van der Waals surface area contributed by atoms with Crippen molar-refractivity contribution in [3.8, 4) is 11.5 Å². The number of nitrogens with one attached hydrogen (secondary N) is 2. The fourth-order valence-corrected chi connectivity index (χ4v) is 3.36. The molecule has 2 aromatic rings. The number of rotatable bonds is 6. The van der Waals surface area contributed by atoms with E-state index < -0.39 is 0 Å². The van der Waals surface area contributed by atoms with Gasteiger partial charge in [0.15, 0.2) is 11.5 Å². The van der Waals surface area contributed by atoms with Crippen LogP contribution in [0.2, 0.25) is 0 Å². The molecule has 1 aromatic carbocycles. The SMILES string of the molecule is COc1ccc(Nc2ccc(C(=O)NC3CCCCCC3)cn2)cc1OC. The highest BCUT2D eigenvalue weighted by atomic mass is 16.5. The quantitative estimate of drug-likeness (QED) is 0.743. The van der Waals surface area contributed by atoms with Crippen LogP contribution in [0, 0.1) is 0 Å². The molecule has 2 N–H and O–H groups in total. The van der Waals surface area contributed by atoms with Crippen LogP contribution in [-0.4, -0.2) is 31.2 Å². The van der Waals surface area contributed by atoms with Gasteiger partial charge in [-0.1, -0.05) is 25.7 Å². The Kier molecular flexibility index (Phi) is 6.52. The second-order valence-electron chi connectivity index (χ2n) is 6.79. The number of carbonyl (C=O) groups excluding carboxylic acids is 1. The first-order valence-electron chi connectivity index (χ1n) is 9.45. The Morgan fingerprint density at radius 3 is 2.37 bits per heavy atom. The van der Waals surface area contributed by atoms with Crippen LogP contribution >= 0.6 is 0 Å². The summed E-state index contributed by atoms with van der Waals surface area (Å²) in [5, 5.41) is 6.35. The van der Waals surface area contributed by atoms with Gasteiger partial charge in [-0.25, -0.2) is 4.98 Å². The highest BCUT2D eigenvalue weighted by Gasteiger charge is 2.16. The summed E-state index contributed by atoms with van der Waals surface area (Å²) in [6.07, 6.45) is 8.66. The van der Waals surface area contributed by atoms with Gasteiger partial charge in [-0.05, 0) is 37.1 Å². The Bertz CT molecular complexity index is 754. The highest BCUT2D eigenvalue weighted by molar-refractivity contribution is 5.94. The summed E-state index contributed by atoms with van der Waals surface area (Å²) in [6.45, 7) is 0. The van der Waals surface area contributed by atoms with Gasteiger partial charge >= 0.3 is 0 Å². The highest BCUT2D eigenvalue weighted by Crippen LogP contribution is 2.30. The third kappa shape index (κ3) is 5.12. The van der Waals surface area contributed by atoms with Crippen LogP contribution in [0.5, 0.6) is 11.5 Å². The first-order chi connectivity index (χ1) is 13.2. The molecular formula is C21H27N3O3. The molecule has 6 nitrogen and oxygen atoms in total. The summed E-state index contributed by atoms with van der Waals surface area (Å²) >= 11 is 0. The Balaban J connectivity index is 1.62. The lowest BCUT2D eigenvalue weighted by atomic mass is 10.1. The van der Waals surface area contributed by atoms with Crippen LogP contribution in [-0.2, 0) is 0 Å². The van der Waals surface area contributed by atoms with Crippen molar-refractivity contribution < 1.29 is 14.3 Å². The smallest absolute Gasteiger partial charge is 0.253 e. The summed E-state index contributed by atoms with van der Waals surface area (Å²) in [5.41, 5.74) is 1.41. The molecule has 1 fully saturated rings. The Labute approximate surface area is 160 Å². The molecular weight excluding hydrogens is 342 g/mol. The zero-order valence-corrected chi connectivity index (χ0v) is 16.0. The predicted molar refractivity (Wildman–Crippen MR) is 106 cm³/mol. The lowest BCUT2D eigenvalue weighted by Gasteiger charge is -2.16. The van der Waals surface area contributed by atoms with Gasteiger partial charge < -0.3 is 20.1 Å². The minimum Gasteiger partial charge on any atom is -0.493 e. The first kappa shape index (κ1) is 19.0. The number of pyridine rings is 1. The van der Waals surface area contributed by atoms with Crippen molar-refractivity contribution >= 4 is 17.4 Å². The predicted octanol–water partition coefficient (Wildman–Crippen LogP) is 4.30. The first-order valence-corrected chi connectivity index (χ1v) is 9.45. The Morgan fingerprint density at radius 1 is 1.00 bits per heavy atom. The second kappa shape index (κ2) is 9.26. The molecule has 1 aliphatic carbocycles. The molecule has 27 heavy (non-hydrogen) atoms. The van der Waals surface area contributed by atoms with Gasteiger partial charge in [0.1, 0.15) is 5.82 Å². The van der Waals surface area contributed by atoms with E-state index >= 15 is 0 Å². The Morgan fingerprint density at radius 2 is 1.74 bits per heavy atom. The number of benzene rings is 1. The maximum Gasteiger partial charge on any atom is 0.253 e. The van der Waals surface area contributed by atoms with Gasteiger partial charge in [0, 0.05) is 24.0 Å². The summed E-state index contributed by atoms with van der Waals surface area (Å²) in [5.74, 6) is 1.92. The third-order valence-corrected chi connectivity index (χ3v) is 4.87. The minimum atomic E-state index is -0.0490. The van der Waals surface area contributed by atoms with Crippen molar-refractivity contribution in [3.63, 3.8) is 0 Å². The van der Waals surface area contributed by atoms with Crippen molar-refractivity contribution in [1.29, 1.82) is 0 Å². The van der Waals surface area contributed by atoms with Crippen molar-refractivity contribution in [2.45, 2.75) is 44.6 Å². The van der Waals surface area contributed by atoms with E-state index in [1.807, 2.05) is 18.2 Å². The fraction of sp³-hybridized carbons (Fsp3) is 0.429. The van der Waals surface area contributed by atoms with Gasteiger partial charge in [-0.3, -0.25) is 4.79 Å². The topological polar surface area (TPSA) is 72.5 Å². The number of hydrogen-bond donors (Lipinski definition) is 2. The monoisotopic (exact) mass is 369 g/mol. The molecule has 6 heteroatoms. The van der Waals surface area contributed by atoms with Gasteiger partial charge in [0.05, 0.1) is 19.8 Å². The van der Waals surface area contributed by atoms with Gasteiger partial charge in [0.2, 0.25) is 0 Å². The molecule has 0 unspecified atom stereocenters. The van der Waals surface area contributed by atoms with Crippen LogP contribution in [0.3, 0.4) is 0 Å². The van der Waals surface area contributed by atoms with Crippen molar-refractivity contribution in [2.24, 2.45) is 0 Å². The van der Waals surface area contributed by atoms with Crippen LogP contribution in [0.4, 0.5) is 11.5 Å². The standard InChI is InChI=1S/C21H27N3O3/c1-26-18-11-10-17(13-19(18)27-2)23-20-12-9-15(14-22-20)21(25)24-16-7-5-3-4-6-8-16/h9-14,16H,3-8H2,1-2H3,(H,22,23)(H,24,25).